The van der Waals surface area contributed by atoms with Crippen molar-refractivity contribution in [3.63, 3.8) is 0 Å². The first kappa shape index (κ1) is 18.5. The van der Waals surface area contributed by atoms with Gasteiger partial charge in [-0.1, -0.05) is 12.1 Å². The summed E-state index contributed by atoms with van der Waals surface area (Å²) in [6.45, 7) is 2.60. The van der Waals surface area contributed by atoms with Gasteiger partial charge in [0.2, 0.25) is 0 Å². The Hall–Kier alpha value is -2.80. The monoisotopic (exact) mass is 346 g/mol. The minimum Gasteiger partial charge on any atom is -0.494 e. The summed E-state index contributed by atoms with van der Waals surface area (Å²) in [4.78, 5) is 10.1. The molecule has 0 aromatic heterocycles. The quantitative estimate of drug-likeness (QED) is 0.382. The molecular weight excluding hydrogens is 324 g/mol. The van der Waals surface area contributed by atoms with Crippen molar-refractivity contribution in [2.45, 2.75) is 6.42 Å². The van der Waals surface area contributed by atoms with E-state index in [0.29, 0.717) is 19.0 Å². The highest BCUT2D eigenvalue weighted by molar-refractivity contribution is 5.39. The van der Waals surface area contributed by atoms with Crippen LogP contribution in [0.15, 0.2) is 48.5 Å². The predicted octanol–water partition coefficient (Wildman–Crippen LogP) is 3.04. The summed E-state index contributed by atoms with van der Waals surface area (Å²) >= 11 is 0. The molecule has 0 saturated carbocycles. The summed E-state index contributed by atoms with van der Waals surface area (Å²) in [5, 5.41) is 13.8. The summed E-state index contributed by atoms with van der Waals surface area (Å²) in [7, 11) is 1.62. The third-order valence-electron chi connectivity index (χ3n) is 3.42. The van der Waals surface area contributed by atoms with Crippen LogP contribution in [0.25, 0.3) is 0 Å². The Morgan fingerprint density at radius 1 is 0.960 bits per heavy atom. The van der Waals surface area contributed by atoms with Crippen LogP contribution in [0.3, 0.4) is 0 Å². The zero-order valence-corrected chi connectivity index (χ0v) is 14.1. The van der Waals surface area contributed by atoms with Crippen molar-refractivity contribution in [1.29, 1.82) is 0 Å². The molecule has 0 amide bonds. The molecule has 0 spiro atoms. The lowest BCUT2D eigenvalue weighted by molar-refractivity contribution is -0.384. The SMILES string of the molecule is COc1ccccc1OCCNCCCOc1ccc([N+](=O)[O-])cc1. The van der Waals surface area contributed by atoms with Gasteiger partial charge in [0.15, 0.2) is 11.5 Å². The average molecular weight is 346 g/mol. The van der Waals surface area contributed by atoms with Crippen molar-refractivity contribution < 1.29 is 19.1 Å². The number of hydrogen-bond acceptors (Lipinski definition) is 6. The first-order chi connectivity index (χ1) is 12.2. The molecule has 2 rings (SSSR count). The fourth-order valence-corrected chi connectivity index (χ4v) is 2.15. The van der Waals surface area contributed by atoms with Crippen LogP contribution in [0.1, 0.15) is 6.42 Å². The average Bonchev–Trinajstić information content (AvgIpc) is 2.64. The number of nitrogens with one attached hydrogen (secondary N) is 1. The summed E-state index contributed by atoms with van der Waals surface area (Å²) in [5.74, 6) is 2.08. The topological polar surface area (TPSA) is 82.9 Å². The van der Waals surface area contributed by atoms with Crippen molar-refractivity contribution in [1.82, 2.24) is 5.32 Å². The molecule has 25 heavy (non-hydrogen) atoms. The molecule has 2 aromatic carbocycles. The summed E-state index contributed by atoms with van der Waals surface area (Å²) in [6, 6.07) is 13.6. The number of nitrogens with zero attached hydrogens (tertiary/aromatic N) is 1. The molecule has 7 heteroatoms. The molecular formula is C18H22N2O5. The number of hydrogen-bond donors (Lipinski definition) is 1. The molecule has 0 aliphatic carbocycles. The van der Waals surface area contributed by atoms with Crippen molar-refractivity contribution in [3.05, 3.63) is 58.6 Å². The molecule has 1 N–H and O–H groups in total. The van der Waals surface area contributed by atoms with E-state index in [0.717, 1.165) is 31.0 Å². The van der Waals surface area contributed by atoms with Crippen LogP contribution in [0.4, 0.5) is 5.69 Å². The summed E-state index contributed by atoms with van der Waals surface area (Å²) in [5.41, 5.74) is 0.0593. The second-order valence-corrected chi connectivity index (χ2v) is 5.20. The third kappa shape index (κ3) is 6.31. The molecule has 134 valence electrons. The maximum atomic E-state index is 10.6. The predicted molar refractivity (Wildman–Crippen MR) is 94.6 cm³/mol. The highest BCUT2D eigenvalue weighted by atomic mass is 16.6. The van der Waals surface area contributed by atoms with E-state index < -0.39 is 4.92 Å². The molecule has 0 bridgehead atoms. The fourth-order valence-electron chi connectivity index (χ4n) is 2.15. The number of methoxy groups -OCH3 is 1. The Morgan fingerprint density at radius 2 is 1.68 bits per heavy atom. The van der Waals surface area contributed by atoms with E-state index in [1.165, 1.54) is 12.1 Å². The van der Waals surface area contributed by atoms with Crippen LogP contribution in [0, 0.1) is 10.1 Å². The minimum absolute atomic E-state index is 0.0593. The normalized spacial score (nSPS) is 10.3. The van der Waals surface area contributed by atoms with E-state index >= 15 is 0 Å². The molecule has 2 aromatic rings. The Morgan fingerprint density at radius 3 is 2.36 bits per heavy atom. The highest BCUT2D eigenvalue weighted by Crippen LogP contribution is 2.25. The van der Waals surface area contributed by atoms with Gasteiger partial charge in [-0.2, -0.15) is 0 Å². The van der Waals surface area contributed by atoms with E-state index in [4.69, 9.17) is 14.2 Å². The Kier molecular flexibility index (Phi) is 7.52. The van der Waals surface area contributed by atoms with Gasteiger partial charge >= 0.3 is 0 Å². The molecule has 0 saturated heterocycles. The lowest BCUT2D eigenvalue weighted by Gasteiger charge is -2.11. The lowest BCUT2D eigenvalue weighted by Crippen LogP contribution is -2.23. The molecule has 7 nitrogen and oxygen atoms in total. The van der Waals surface area contributed by atoms with Gasteiger partial charge in [0.05, 0.1) is 18.6 Å². The van der Waals surface area contributed by atoms with Gasteiger partial charge in [-0.25, -0.2) is 0 Å². The maximum absolute atomic E-state index is 10.6. The van der Waals surface area contributed by atoms with Crippen LogP contribution in [-0.2, 0) is 0 Å². The number of benzene rings is 2. The number of nitro benzene ring substituents is 1. The van der Waals surface area contributed by atoms with Crippen molar-refractivity contribution in [2.24, 2.45) is 0 Å². The van der Waals surface area contributed by atoms with Gasteiger partial charge in [-0.3, -0.25) is 10.1 Å². The third-order valence-corrected chi connectivity index (χ3v) is 3.42. The van der Waals surface area contributed by atoms with Gasteiger partial charge in [0, 0.05) is 18.7 Å². The Bertz CT molecular complexity index is 661. The highest BCUT2D eigenvalue weighted by Gasteiger charge is 2.04. The van der Waals surface area contributed by atoms with E-state index in [1.807, 2.05) is 24.3 Å². The second kappa shape index (κ2) is 10.1. The zero-order valence-electron chi connectivity index (χ0n) is 14.1. The molecule has 0 radical (unpaired) electrons. The first-order valence-electron chi connectivity index (χ1n) is 8.04. The number of ether oxygens (including phenoxy) is 3. The maximum Gasteiger partial charge on any atom is 0.269 e. The van der Waals surface area contributed by atoms with E-state index in [9.17, 15) is 10.1 Å². The van der Waals surface area contributed by atoms with Gasteiger partial charge in [-0.05, 0) is 37.2 Å². The smallest absolute Gasteiger partial charge is 0.269 e. The molecule has 0 aliphatic rings. The van der Waals surface area contributed by atoms with Gasteiger partial charge in [0.1, 0.15) is 12.4 Å². The molecule has 0 heterocycles. The van der Waals surface area contributed by atoms with Crippen LogP contribution in [0.5, 0.6) is 17.2 Å². The molecule has 0 fully saturated rings. The van der Waals surface area contributed by atoms with Crippen molar-refractivity contribution >= 4 is 5.69 Å². The van der Waals surface area contributed by atoms with Crippen molar-refractivity contribution in [3.8, 4) is 17.2 Å². The van der Waals surface area contributed by atoms with Gasteiger partial charge in [-0.15, -0.1) is 0 Å². The van der Waals surface area contributed by atoms with Crippen LogP contribution in [0.2, 0.25) is 0 Å². The summed E-state index contributed by atoms with van der Waals surface area (Å²) < 4.78 is 16.4. The second-order valence-electron chi connectivity index (χ2n) is 5.20. The van der Waals surface area contributed by atoms with Gasteiger partial charge in [0.25, 0.3) is 5.69 Å². The minimum atomic E-state index is -0.430. The number of nitro groups is 1. The van der Waals surface area contributed by atoms with Crippen LogP contribution >= 0.6 is 0 Å². The Labute approximate surface area is 146 Å². The summed E-state index contributed by atoms with van der Waals surface area (Å²) in [6.07, 6.45) is 0.825. The number of rotatable bonds is 11. The van der Waals surface area contributed by atoms with E-state index in [2.05, 4.69) is 5.32 Å². The van der Waals surface area contributed by atoms with Crippen LogP contribution < -0.4 is 19.5 Å². The fraction of sp³-hybridized carbons (Fsp3) is 0.333. The van der Waals surface area contributed by atoms with E-state index in [1.54, 1.807) is 19.2 Å². The molecule has 0 atom stereocenters. The Balaban J connectivity index is 1.54. The standard InChI is InChI=1S/C18H22N2O5/c1-23-17-5-2-3-6-18(17)25-14-12-19-11-4-13-24-16-9-7-15(8-10-16)20(21)22/h2-3,5-10,19H,4,11-14H2,1H3. The zero-order chi connectivity index (χ0) is 17.9. The van der Waals surface area contributed by atoms with Gasteiger partial charge < -0.3 is 19.5 Å². The van der Waals surface area contributed by atoms with E-state index in [-0.39, 0.29) is 5.69 Å². The lowest BCUT2D eigenvalue weighted by atomic mass is 10.3. The molecule has 0 aliphatic heterocycles. The largest absolute Gasteiger partial charge is 0.494 e. The molecule has 0 unspecified atom stereocenters. The van der Waals surface area contributed by atoms with Crippen molar-refractivity contribution in [2.75, 3.05) is 33.4 Å². The number of non-ortho nitro benzene ring substituents is 1. The number of para-hydroxylation sites is 2. The van der Waals surface area contributed by atoms with Crippen LogP contribution in [-0.4, -0.2) is 38.3 Å². The first-order valence-corrected chi connectivity index (χ1v) is 8.04.